The second-order valence-corrected chi connectivity index (χ2v) is 6.74. The van der Waals surface area contributed by atoms with Crippen molar-refractivity contribution in [2.75, 3.05) is 26.1 Å². The summed E-state index contributed by atoms with van der Waals surface area (Å²) in [6.45, 7) is 3.02. The van der Waals surface area contributed by atoms with Crippen LogP contribution in [0.2, 0.25) is 0 Å². The van der Waals surface area contributed by atoms with Gasteiger partial charge in [-0.25, -0.2) is 9.59 Å². The molecule has 0 spiro atoms. The van der Waals surface area contributed by atoms with Crippen molar-refractivity contribution in [1.82, 2.24) is 0 Å². The molecule has 1 saturated carbocycles. The molecule has 1 fully saturated rings. The molecule has 1 aliphatic rings. The van der Waals surface area contributed by atoms with Crippen molar-refractivity contribution in [2.45, 2.75) is 20.3 Å². The van der Waals surface area contributed by atoms with Crippen LogP contribution < -0.4 is 5.32 Å². The van der Waals surface area contributed by atoms with Crippen LogP contribution in [0, 0.1) is 18.8 Å². The first-order valence-electron chi connectivity index (χ1n) is 7.56. The van der Waals surface area contributed by atoms with E-state index in [1.54, 1.807) is 6.92 Å². The number of carbonyl (C=O) groups is 4. The summed E-state index contributed by atoms with van der Waals surface area (Å²) in [6.07, 6.45) is 0.763. The quantitative estimate of drug-likeness (QED) is 0.601. The Balaban J connectivity index is 2.11. The first kappa shape index (κ1) is 18.9. The van der Waals surface area contributed by atoms with E-state index < -0.39 is 30.4 Å². The highest BCUT2D eigenvalue weighted by atomic mass is 32.1. The average molecular weight is 369 g/mol. The number of amides is 1. The third-order valence-electron chi connectivity index (χ3n) is 3.92. The summed E-state index contributed by atoms with van der Waals surface area (Å²) < 4.78 is 14.3. The van der Waals surface area contributed by atoms with Gasteiger partial charge in [-0.3, -0.25) is 9.59 Å². The van der Waals surface area contributed by atoms with E-state index in [0.717, 1.165) is 17.8 Å². The van der Waals surface area contributed by atoms with Crippen molar-refractivity contribution in [3.63, 3.8) is 0 Å². The summed E-state index contributed by atoms with van der Waals surface area (Å²) in [6, 6.07) is 0. The second-order valence-electron chi connectivity index (χ2n) is 5.72. The molecule has 0 aromatic carbocycles. The number of hydrogen-bond acceptors (Lipinski definition) is 8. The molecular formula is C16H19NO7S. The van der Waals surface area contributed by atoms with Gasteiger partial charge in [-0.2, -0.15) is 0 Å². The molecule has 0 radical (unpaired) electrons. The smallest absolute Gasteiger partial charge is 0.348 e. The van der Waals surface area contributed by atoms with Crippen LogP contribution in [-0.4, -0.2) is 44.6 Å². The van der Waals surface area contributed by atoms with Gasteiger partial charge in [-0.1, -0.05) is 6.92 Å². The minimum Gasteiger partial charge on any atom is -0.465 e. The van der Waals surface area contributed by atoms with Crippen LogP contribution in [0.15, 0.2) is 0 Å². The summed E-state index contributed by atoms with van der Waals surface area (Å²) >= 11 is 0.896. The standard InChI is InChI=1S/C16H19NO7S/c1-7-5-9(7)14(19)24-6-10(18)17-13-11(15(20)22-3)8(2)12(25-13)16(21)23-4/h7,9H,5-6H2,1-4H3,(H,17,18)/t7-,9+/m1/s1. The first-order valence-corrected chi connectivity index (χ1v) is 8.38. The molecule has 1 heterocycles. The Morgan fingerprint density at radius 2 is 1.76 bits per heavy atom. The fourth-order valence-corrected chi connectivity index (χ4v) is 3.42. The Morgan fingerprint density at radius 3 is 2.28 bits per heavy atom. The van der Waals surface area contributed by atoms with Gasteiger partial charge in [-0.05, 0) is 24.8 Å². The highest BCUT2D eigenvalue weighted by Gasteiger charge is 2.40. The third kappa shape index (κ3) is 4.16. The van der Waals surface area contributed by atoms with Gasteiger partial charge in [0.05, 0.1) is 25.7 Å². The van der Waals surface area contributed by atoms with Gasteiger partial charge in [0.2, 0.25) is 0 Å². The topological polar surface area (TPSA) is 108 Å². The Hall–Kier alpha value is -2.42. The average Bonchev–Trinajstić information content (AvgIpc) is 3.24. The minimum absolute atomic E-state index is 0.0726. The van der Waals surface area contributed by atoms with Crippen LogP contribution >= 0.6 is 11.3 Å². The van der Waals surface area contributed by atoms with E-state index in [-0.39, 0.29) is 27.3 Å². The van der Waals surface area contributed by atoms with Gasteiger partial charge >= 0.3 is 17.9 Å². The van der Waals surface area contributed by atoms with Crippen molar-refractivity contribution >= 4 is 40.2 Å². The van der Waals surface area contributed by atoms with Crippen molar-refractivity contribution in [3.8, 4) is 0 Å². The number of carbonyl (C=O) groups excluding carboxylic acids is 4. The van der Waals surface area contributed by atoms with E-state index in [4.69, 9.17) is 9.47 Å². The number of methoxy groups -OCH3 is 2. The Labute approximate surface area is 148 Å². The maximum Gasteiger partial charge on any atom is 0.348 e. The third-order valence-corrected chi connectivity index (χ3v) is 5.11. The van der Waals surface area contributed by atoms with E-state index in [1.165, 1.54) is 14.2 Å². The maximum absolute atomic E-state index is 12.0. The van der Waals surface area contributed by atoms with Crippen molar-refractivity contribution < 1.29 is 33.4 Å². The number of esters is 3. The van der Waals surface area contributed by atoms with Crippen LogP contribution in [0.1, 0.15) is 38.9 Å². The summed E-state index contributed by atoms with van der Waals surface area (Å²) in [5.74, 6) is -2.19. The van der Waals surface area contributed by atoms with Crippen LogP contribution in [0.25, 0.3) is 0 Å². The van der Waals surface area contributed by atoms with Gasteiger partial charge in [0.1, 0.15) is 9.88 Å². The molecule has 8 nitrogen and oxygen atoms in total. The predicted octanol–water partition coefficient (Wildman–Crippen LogP) is 1.77. The SMILES string of the molecule is COC(=O)c1sc(NC(=O)COC(=O)[C@H]2C[C@H]2C)c(C(=O)OC)c1C. The van der Waals surface area contributed by atoms with Crippen molar-refractivity contribution in [2.24, 2.45) is 11.8 Å². The lowest BCUT2D eigenvalue weighted by molar-refractivity contribution is -0.148. The summed E-state index contributed by atoms with van der Waals surface area (Å²) in [5.41, 5.74) is 0.422. The lowest BCUT2D eigenvalue weighted by atomic mass is 10.1. The van der Waals surface area contributed by atoms with Gasteiger partial charge in [0, 0.05) is 0 Å². The molecule has 9 heteroatoms. The molecule has 25 heavy (non-hydrogen) atoms. The van der Waals surface area contributed by atoms with E-state index in [1.807, 2.05) is 6.92 Å². The van der Waals surface area contributed by atoms with Gasteiger partial charge < -0.3 is 19.5 Å². The van der Waals surface area contributed by atoms with Crippen LogP contribution in [0.5, 0.6) is 0 Å². The van der Waals surface area contributed by atoms with E-state index in [2.05, 4.69) is 10.1 Å². The van der Waals surface area contributed by atoms with Crippen LogP contribution in [0.4, 0.5) is 5.00 Å². The Kier molecular flexibility index (Phi) is 5.78. The zero-order valence-electron chi connectivity index (χ0n) is 14.3. The lowest BCUT2D eigenvalue weighted by Gasteiger charge is -2.07. The molecule has 1 aliphatic carbocycles. The van der Waals surface area contributed by atoms with Gasteiger partial charge in [0.15, 0.2) is 6.61 Å². The number of rotatable bonds is 6. The molecule has 0 unspecified atom stereocenters. The molecule has 0 bridgehead atoms. The zero-order chi connectivity index (χ0) is 18.7. The van der Waals surface area contributed by atoms with Crippen molar-refractivity contribution in [3.05, 3.63) is 16.0 Å². The molecule has 1 N–H and O–H groups in total. The number of thiophene rings is 1. The van der Waals surface area contributed by atoms with E-state index >= 15 is 0 Å². The second kappa shape index (κ2) is 7.64. The number of anilines is 1. The summed E-state index contributed by atoms with van der Waals surface area (Å²) in [7, 11) is 2.41. The van der Waals surface area contributed by atoms with E-state index in [9.17, 15) is 19.2 Å². The normalized spacial score (nSPS) is 18.2. The highest BCUT2D eigenvalue weighted by Crippen LogP contribution is 2.38. The Morgan fingerprint density at radius 1 is 1.16 bits per heavy atom. The molecule has 0 saturated heterocycles. The largest absolute Gasteiger partial charge is 0.465 e. The van der Waals surface area contributed by atoms with Gasteiger partial charge in [0.25, 0.3) is 5.91 Å². The zero-order valence-corrected chi connectivity index (χ0v) is 15.2. The Bertz CT molecular complexity index is 724. The van der Waals surface area contributed by atoms with Crippen molar-refractivity contribution in [1.29, 1.82) is 0 Å². The molecule has 1 aromatic rings. The lowest BCUT2D eigenvalue weighted by Crippen LogP contribution is -2.22. The number of ether oxygens (including phenoxy) is 3. The first-order chi connectivity index (χ1) is 11.8. The fourth-order valence-electron chi connectivity index (χ4n) is 2.29. The summed E-state index contributed by atoms with van der Waals surface area (Å²) in [5, 5.41) is 2.63. The molecule has 0 aliphatic heterocycles. The van der Waals surface area contributed by atoms with Gasteiger partial charge in [-0.15, -0.1) is 11.3 Å². The maximum atomic E-state index is 12.0. The number of nitrogens with one attached hydrogen (secondary N) is 1. The minimum atomic E-state index is -0.692. The predicted molar refractivity (Wildman–Crippen MR) is 88.6 cm³/mol. The fraction of sp³-hybridized carbons (Fsp3) is 0.500. The highest BCUT2D eigenvalue weighted by molar-refractivity contribution is 7.18. The molecule has 2 atom stereocenters. The summed E-state index contributed by atoms with van der Waals surface area (Å²) in [4.78, 5) is 47.6. The molecule has 1 aromatic heterocycles. The molecular weight excluding hydrogens is 350 g/mol. The molecule has 136 valence electrons. The monoisotopic (exact) mass is 369 g/mol. The molecule has 2 rings (SSSR count). The van der Waals surface area contributed by atoms with Crippen LogP contribution in [0.3, 0.4) is 0 Å². The number of hydrogen-bond donors (Lipinski definition) is 1. The van der Waals surface area contributed by atoms with Crippen LogP contribution in [-0.2, 0) is 23.8 Å². The van der Waals surface area contributed by atoms with E-state index in [0.29, 0.717) is 5.56 Å². The molecule has 1 amide bonds.